The number of piperazine rings is 1. The highest BCUT2D eigenvalue weighted by atomic mass is 16.5. The maximum absolute atomic E-state index is 5.61. The number of hydrogen-bond acceptors (Lipinski definition) is 9. The van der Waals surface area contributed by atoms with Crippen LogP contribution in [0.15, 0.2) is 35.2 Å². The number of nitrogen functional groups attached to an aromatic ring is 1. The normalized spacial score (nSPS) is 16.8. The average molecular weight is 394 g/mol. The van der Waals surface area contributed by atoms with Crippen molar-refractivity contribution in [2.75, 3.05) is 36.8 Å². The first-order valence-electron chi connectivity index (χ1n) is 9.82. The summed E-state index contributed by atoms with van der Waals surface area (Å²) in [5.41, 5.74) is 7.77. The van der Waals surface area contributed by atoms with Crippen molar-refractivity contribution in [2.24, 2.45) is 5.92 Å². The van der Waals surface area contributed by atoms with Crippen molar-refractivity contribution in [1.29, 1.82) is 0 Å². The molecule has 0 aliphatic carbocycles. The van der Waals surface area contributed by atoms with Crippen molar-refractivity contribution in [2.45, 2.75) is 26.2 Å². The van der Waals surface area contributed by atoms with Gasteiger partial charge in [-0.05, 0) is 24.5 Å². The topological polar surface area (TPSA) is 119 Å². The monoisotopic (exact) mass is 394 g/mol. The zero-order valence-corrected chi connectivity index (χ0v) is 17.0. The number of nitrogens with two attached hydrogens (primary N) is 1. The lowest BCUT2D eigenvalue weighted by atomic mass is 9.73. The first-order chi connectivity index (χ1) is 14.0. The molecule has 1 atom stereocenters. The van der Waals surface area contributed by atoms with Gasteiger partial charge in [0, 0.05) is 50.3 Å². The Bertz CT molecular complexity index is 947. The summed E-state index contributed by atoms with van der Waals surface area (Å²) in [6, 6.07) is 4.60. The van der Waals surface area contributed by atoms with E-state index in [9.17, 15) is 0 Å². The van der Waals surface area contributed by atoms with E-state index in [1.165, 1.54) is 0 Å². The van der Waals surface area contributed by atoms with E-state index in [2.05, 4.69) is 57.2 Å². The fourth-order valence-corrected chi connectivity index (χ4v) is 3.47. The van der Waals surface area contributed by atoms with E-state index in [1.807, 2.05) is 12.3 Å². The van der Waals surface area contributed by atoms with Crippen molar-refractivity contribution < 1.29 is 4.52 Å². The zero-order valence-electron chi connectivity index (χ0n) is 17.0. The van der Waals surface area contributed by atoms with E-state index in [0.29, 0.717) is 11.8 Å². The molecule has 29 heavy (non-hydrogen) atoms. The van der Waals surface area contributed by atoms with Crippen LogP contribution in [0.2, 0.25) is 0 Å². The molecule has 0 bridgehead atoms. The maximum Gasteiger partial charge on any atom is 0.324 e. The highest BCUT2D eigenvalue weighted by molar-refractivity contribution is 5.57. The molecule has 1 saturated heterocycles. The van der Waals surface area contributed by atoms with Crippen LogP contribution in [0.1, 0.15) is 32.2 Å². The zero-order chi connectivity index (χ0) is 20.4. The van der Waals surface area contributed by atoms with Crippen LogP contribution < -0.4 is 16.0 Å². The second kappa shape index (κ2) is 7.75. The Labute approximate surface area is 169 Å². The number of nitrogens with one attached hydrogen (secondary N) is 1. The van der Waals surface area contributed by atoms with Crippen LogP contribution in [0.25, 0.3) is 11.3 Å². The molecule has 9 heteroatoms. The van der Waals surface area contributed by atoms with Gasteiger partial charge < -0.3 is 20.5 Å². The Morgan fingerprint density at radius 1 is 1.10 bits per heavy atom. The molecule has 1 aliphatic rings. The molecule has 0 spiro atoms. The second-order valence-corrected chi connectivity index (χ2v) is 7.76. The summed E-state index contributed by atoms with van der Waals surface area (Å²) < 4.78 is 5.61. The smallest absolute Gasteiger partial charge is 0.324 e. The largest absolute Gasteiger partial charge is 0.368 e. The van der Waals surface area contributed by atoms with Crippen LogP contribution in [-0.4, -0.2) is 51.3 Å². The molecular weight excluding hydrogens is 368 g/mol. The van der Waals surface area contributed by atoms with E-state index >= 15 is 0 Å². The van der Waals surface area contributed by atoms with Crippen LogP contribution in [0.5, 0.6) is 0 Å². The van der Waals surface area contributed by atoms with Crippen molar-refractivity contribution >= 4 is 12.0 Å². The van der Waals surface area contributed by atoms with E-state index in [4.69, 9.17) is 15.2 Å². The Morgan fingerprint density at radius 2 is 1.83 bits per heavy atom. The quantitative estimate of drug-likeness (QED) is 0.668. The predicted octanol–water partition coefficient (Wildman–Crippen LogP) is 1.88. The lowest BCUT2D eigenvalue weighted by Gasteiger charge is -2.31. The van der Waals surface area contributed by atoms with Crippen molar-refractivity contribution in [1.82, 2.24) is 30.4 Å². The lowest BCUT2D eigenvalue weighted by molar-refractivity contribution is 0.346. The first kappa shape index (κ1) is 19.3. The molecule has 1 aliphatic heterocycles. The Balaban J connectivity index is 1.64. The molecule has 3 aromatic rings. The minimum Gasteiger partial charge on any atom is -0.368 e. The molecule has 4 rings (SSSR count). The summed E-state index contributed by atoms with van der Waals surface area (Å²) in [6.45, 7) is 10.00. The number of pyridine rings is 1. The van der Waals surface area contributed by atoms with E-state index < -0.39 is 5.41 Å². The van der Waals surface area contributed by atoms with Gasteiger partial charge in [0.2, 0.25) is 5.95 Å². The summed E-state index contributed by atoms with van der Waals surface area (Å²) in [5.74, 6) is 1.16. The maximum atomic E-state index is 5.61. The van der Waals surface area contributed by atoms with Gasteiger partial charge in [-0.1, -0.05) is 25.1 Å². The number of aromatic nitrogens is 5. The molecular formula is C20H26N8O. The van der Waals surface area contributed by atoms with Gasteiger partial charge in [0.05, 0.1) is 11.1 Å². The number of hydrogen-bond donors (Lipinski definition) is 2. The molecule has 152 valence electrons. The molecule has 0 radical (unpaired) electrons. The minimum atomic E-state index is -0.432. The van der Waals surface area contributed by atoms with Crippen molar-refractivity contribution in [3.8, 4) is 11.3 Å². The molecule has 0 aromatic carbocycles. The summed E-state index contributed by atoms with van der Waals surface area (Å²) >= 11 is 0. The fourth-order valence-electron chi connectivity index (χ4n) is 3.47. The highest BCUT2D eigenvalue weighted by Crippen LogP contribution is 2.38. The van der Waals surface area contributed by atoms with Crippen LogP contribution in [0.4, 0.5) is 12.0 Å². The molecule has 1 unspecified atom stereocenters. The molecule has 9 nitrogen and oxygen atoms in total. The van der Waals surface area contributed by atoms with Gasteiger partial charge >= 0.3 is 6.01 Å². The van der Waals surface area contributed by atoms with Crippen LogP contribution in [0, 0.1) is 5.92 Å². The summed E-state index contributed by atoms with van der Waals surface area (Å²) in [6.07, 6.45) is 5.21. The minimum absolute atomic E-state index is 0.239. The SMILES string of the molecule is CC(C)C(C)(c1ccc(-c2cnc(N)nc2)nc1)c1noc(N2CCNCC2)n1. The lowest BCUT2D eigenvalue weighted by Crippen LogP contribution is -2.43. The van der Waals surface area contributed by atoms with Gasteiger partial charge in [-0.15, -0.1) is 0 Å². The number of anilines is 2. The van der Waals surface area contributed by atoms with Gasteiger partial charge in [0.15, 0.2) is 5.82 Å². The molecule has 3 N–H and O–H groups in total. The van der Waals surface area contributed by atoms with Gasteiger partial charge in [-0.2, -0.15) is 4.98 Å². The van der Waals surface area contributed by atoms with Gasteiger partial charge in [-0.3, -0.25) is 4.98 Å². The van der Waals surface area contributed by atoms with Gasteiger partial charge in [-0.25, -0.2) is 9.97 Å². The number of rotatable bonds is 5. The van der Waals surface area contributed by atoms with Crippen molar-refractivity contribution in [3.63, 3.8) is 0 Å². The number of nitrogens with zero attached hydrogens (tertiary/aromatic N) is 6. The highest BCUT2D eigenvalue weighted by Gasteiger charge is 2.38. The third-order valence-electron chi connectivity index (χ3n) is 5.75. The molecule has 3 aromatic heterocycles. The first-order valence-corrected chi connectivity index (χ1v) is 9.82. The Kier molecular flexibility index (Phi) is 5.14. The van der Waals surface area contributed by atoms with E-state index in [0.717, 1.165) is 43.0 Å². The standard InChI is InChI=1S/C20H26N8O/c1-13(2)20(3,17-26-19(29-27-17)28-8-6-22-7-9-28)15-4-5-16(23-12-15)14-10-24-18(21)25-11-14/h4-5,10-13,22H,6-9H2,1-3H3,(H2,21,24,25). The fraction of sp³-hybridized carbons (Fsp3) is 0.450. The second-order valence-electron chi connectivity index (χ2n) is 7.76. The summed E-state index contributed by atoms with van der Waals surface area (Å²) in [4.78, 5) is 19.6. The average Bonchev–Trinajstić information content (AvgIpc) is 3.25. The van der Waals surface area contributed by atoms with Crippen LogP contribution in [-0.2, 0) is 5.41 Å². The molecule has 1 fully saturated rings. The summed E-state index contributed by atoms with van der Waals surface area (Å²) in [7, 11) is 0. The van der Waals surface area contributed by atoms with Crippen LogP contribution >= 0.6 is 0 Å². The van der Waals surface area contributed by atoms with Crippen molar-refractivity contribution in [3.05, 3.63) is 42.1 Å². The van der Waals surface area contributed by atoms with E-state index in [1.54, 1.807) is 12.4 Å². The Morgan fingerprint density at radius 3 is 2.45 bits per heavy atom. The summed E-state index contributed by atoms with van der Waals surface area (Å²) in [5, 5.41) is 7.67. The van der Waals surface area contributed by atoms with E-state index in [-0.39, 0.29) is 11.9 Å². The predicted molar refractivity (Wildman–Crippen MR) is 110 cm³/mol. The van der Waals surface area contributed by atoms with Gasteiger partial charge in [0.1, 0.15) is 0 Å². The molecule has 0 amide bonds. The Hall–Kier alpha value is -3.07. The third kappa shape index (κ3) is 3.65. The molecule has 0 saturated carbocycles. The molecule has 4 heterocycles. The van der Waals surface area contributed by atoms with Crippen LogP contribution in [0.3, 0.4) is 0 Å². The third-order valence-corrected chi connectivity index (χ3v) is 5.75. The van der Waals surface area contributed by atoms with Gasteiger partial charge in [0.25, 0.3) is 0 Å².